The number of aromatic nitrogens is 1. The number of anilines is 1. The number of hydrogen-bond donors (Lipinski definition) is 1. The van der Waals surface area contributed by atoms with Crippen LogP contribution in [-0.2, 0) is 0 Å². The largest absolute Gasteiger partial charge is 0.472 e. The van der Waals surface area contributed by atoms with Crippen LogP contribution in [0.15, 0.2) is 48.7 Å². The van der Waals surface area contributed by atoms with E-state index in [0.717, 1.165) is 12.1 Å². The molecule has 2 aromatic rings. The van der Waals surface area contributed by atoms with Crippen molar-refractivity contribution in [3.8, 4) is 5.88 Å². The number of likely N-dealkylation sites (tertiary alicyclic amines) is 1. The van der Waals surface area contributed by atoms with Crippen LogP contribution in [0.3, 0.4) is 0 Å². The van der Waals surface area contributed by atoms with E-state index in [1.165, 1.54) is 5.56 Å². The molecule has 5 nitrogen and oxygen atoms in total. The third-order valence-electron chi connectivity index (χ3n) is 3.66. The van der Waals surface area contributed by atoms with Crippen molar-refractivity contribution in [1.82, 2.24) is 9.88 Å². The third kappa shape index (κ3) is 3.55. The van der Waals surface area contributed by atoms with Crippen molar-refractivity contribution in [2.75, 3.05) is 18.4 Å². The minimum atomic E-state index is -0.0871. The Bertz CT molecular complexity index is 628. The highest BCUT2D eigenvalue weighted by Gasteiger charge is 2.27. The Labute approximate surface area is 129 Å². The maximum atomic E-state index is 12.2. The number of pyridine rings is 1. The lowest BCUT2D eigenvalue weighted by molar-refractivity contribution is 0.190. The fourth-order valence-corrected chi connectivity index (χ4v) is 2.44. The molecule has 1 aromatic carbocycles. The Hall–Kier alpha value is -2.56. The van der Waals surface area contributed by atoms with Gasteiger partial charge < -0.3 is 15.0 Å². The van der Waals surface area contributed by atoms with E-state index in [2.05, 4.69) is 10.3 Å². The molecule has 1 saturated heterocycles. The number of carbonyl (C=O) groups excluding carboxylic acids is 1. The topological polar surface area (TPSA) is 54.5 Å². The summed E-state index contributed by atoms with van der Waals surface area (Å²) in [5.41, 5.74) is 1.98. The third-order valence-corrected chi connectivity index (χ3v) is 3.66. The summed E-state index contributed by atoms with van der Waals surface area (Å²) in [6.45, 7) is 3.29. The maximum absolute atomic E-state index is 12.2. The van der Waals surface area contributed by atoms with Crippen LogP contribution in [0.25, 0.3) is 0 Å². The van der Waals surface area contributed by atoms with Crippen LogP contribution in [0.5, 0.6) is 5.88 Å². The Morgan fingerprint density at radius 3 is 2.82 bits per heavy atom. The second-order valence-electron chi connectivity index (χ2n) is 5.44. The van der Waals surface area contributed by atoms with Crippen LogP contribution in [-0.4, -0.2) is 35.1 Å². The number of nitrogens with one attached hydrogen (secondary N) is 1. The van der Waals surface area contributed by atoms with Gasteiger partial charge >= 0.3 is 6.03 Å². The highest BCUT2D eigenvalue weighted by atomic mass is 16.5. The van der Waals surface area contributed by atoms with Crippen LogP contribution in [0.1, 0.15) is 12.0 Å². The second-order valence-corrected chi connectivity index (χ2v) is 5.44. The molecule has 1 aliphatic rings. The first-order chi connectivity index (χ1) is 10.7. The number of ether oxygens (including phenoxy) is 1. The van der Waals surface area contributed by atoms with Crippen molar-refractivity contribution < 1.29 is 9.53 Å². The molecule has 22 heavy (non-hydrogen) atoms. The monoisotopic (exact) mass is 297 g/mol. The van der Waals surface area contributed by atoms with E-state index in [1.807, 2.05) is 49.4 Å². The van der Waals surface area contributed by atoms with Gasteiger partial charge in [-0.3, -0.25) is 0 Å². The molecule has 1 fully saturated rings. The molecule has 1 atom stereocenters. The van der Waals surface area contributed by atoms with Gasteiger partial charge in [-0.05, 0) is 25.1 Å². The smallest absolute Gasteiger partial charge is 0.321 e. The van der Waals surface area contributed by atoms with E-state index in [-0.39, 0.29) is 12.1 Å². The van der Waals surface area contributed by atoms with Gasteiger partial charge in [0.25, 0.3) is 0 Å². The van der Waals surface area contributed by atoms with Gasteiger partial charge in [0.05, 0.1) is 6.54 Å². The molecule has 0 radical (unpaired) electrons. The predicted octanol–water partition coefficient (Wildman–Crippen LogP) is 3.08. The van der Waals surface area contributed by atoms with Crippen LogP contribution >= 0.6 is 0 Å². The molecular weight excluding hydrogens is 278 g/mol. The molecule has 1 unspecified atom stereocenters. The van der Waals surface area contributed by atoms with Crippen molar-refractivity contribution in [1.29, 1.82) is 0 Å². The van der Waals surface area contributed by atoms with Gasteiger partial charge in [0, 0.05) is 30.9 Å². The molecule has 0 bridgehead atoms. The van der Waals surface area contributed by atoms with E-state index in [9.17, 15) is 4.79 Å². The molecule has 2 amide bonds. The summed E-state index contributed by atoms with van der Waals surface area (Å²) in [4.78, 5) is 18.2. The van der Waals surface area contributed by atoms with Crippen molar-refractivity contribution >= 4 is 11.7 Å². The molecule has 3 rings (SSSR count). The minimum Gasteiger partial charge on any atom is -0.472 e. The zero-order valence-electron chi connectivity index (χ0n) is 12.5. The summed E-state index contributed by atoms with van der Waals surface area (Å²) < 4.78 is 5.79. The number of aryl methyl sites for hydroxylation is 1. The Kier molecular flexibility index (Phi) is 4.23. The number of benzene rings is 1. The standard InChI is InChI=1S/C17H19N3O2/c1-13-5-7-14(8-6-13)19-17(21)20-11-9-15(12-20)22-16-4-2-3-10-18-16/h2-8,10,15H,9,11-12H2,1H3,(H,19,21). The van der Waals surface area contributed by atoms with Gasteiger partial charge in [0.2, 0.25) is 5.88 Å². The van der Waals surface area contributed by atoms with E-state index < -0.39 is 0 Å². The number of carbonyl (C=O) groups is 1. The first kappa shape index (κ1) is 14.4. The molecule has 0 spiro atoms. The Balaban J connectivity index is 1.53. The van der Waals surface area contributed by atoms with Crippen molar-refractivity contribution in [2.24, 2.45) is 0 Å². The molecule has 0 saturated carbocycles. The highest BCUT2D eigenvalue weighted by Crippen LogP contribution is 2.17. The normalized spacial score (nSPS) is 17.3. The minimum absolute atomic E-state index is 0.00123. The summed E-state index contributed by atoms with van der Waals surface area (Å²) in [5, 5.41) is 2.91. The Morgan fingerprint density at radius 1 is 1.27 bits per heavy atom. The molecule has 2 heterocycles. The van der Waals surface area contributed by atoms with Gasteiger partial charge in [-0.15, -0.1) is 0 Å². The summed E-state index contributed by atoms with van der Waals surface area (Å²) in [6, 6.07) is 13.3. The van der Waals surface area contributed by atoms with E-state index in [1.54, 1.807) is 11.1 Å². The molecule has 5 heteroatoms. The summed E-state index contributed by atoms with van der Waals surface area (Å²) in [7, 11) is 0. The SMILES string of the molecule is Cc1ccc(NC(=O)N2CCC(Oc3ccccn3)C2)cc1. The van der Waals surface area contributed by atoms with Crippen LogP contribution in [0.4, 0.5) is 10.5 Å². The van der Waals surface area contributed by atoms with Gasteiger partial charge in [0.1, 0.15) is 6.10 Å². The predicted molar refractivity (Wildman–Crippen MR) is 85.0 cm³/mol. The van der Waals surface area contributed by atoms with E-state index in [4.69, 9.17) is 4.74 Å². The zero-order chi connectivity index (χ0) is 15.4. The van der Waals surface area contributed by atoms with Crippen LogP contribution in [0, 0.1) is 6.92 Å². The maximum Gasteiger partial charge on any atom is 0.321 e. The van der Waals surface area contributed by atoms with Crippen molar-refractivity contribution in [3.05, 3.63) is 54.2 Å². The fourth-order valence-electron chi connectivity index (χ4n) is 2.44. The zero-order valence-corrected chi connectivity index (χ0v) is 12.5. The summed E-state index contributed by atoms with van der Waals surface area (Å²) in [5.74, 6) is 0.605. The number of hydrogen-bond acceptors (Lipinski definition) is 3. The molecule has 1 aromatic heterocycles. The van der Waals surface area contributed by atoms with E-state index >= 15 is 0 Å². The number of urea groups is 1. The Morgan fingerprint density at radius 2 is 2.09 bits per heavy atom. The fraction of sp³-hybridized carbons (Fsp3) is 0.294. The van der Waals surface area contributed by atoms with Gasteiger partial charge in [0.15, 0.2) is 0 Å². The quantitative estimate of drug-likeness (QED) is 0.947. The first-order valence-corrected chi connectivity index (χ1v) is 7.41. The second kappa shape index (κ2) is 6.47. The number of amides is 2. The lowest BCUT2D eigenvalue weighted by Crippen LogP contribution is -2.34. The molecule has 0 aliphatic carbocycles. The van der Waals surface area contributed by atoms with Crippen LogP contribution in [0.2, 0.25) is 0 Å². The lowest BCUT2D eigenvalue weighted by atomic mass is 10.2. The van der Waals surface area contributed by atoms with Crippen molar-refractivity contribution in [3.63, 3.8) is 0 Å². The van der Waals surface area contributed by atoms with E-state index in [0.29, 0.717) is 19.0 Å². The average Bonchev–Trinajstić information content (AvgIpc) is 2.99. The first-order valence-electron chi connectivity index (χ1n) is 7.41. The number of nitrogens with zero attached hydrogens (tertiary/aromatic N) is 2. The molecule has 114 valence electrons. The molecule has 1 aliphatic heterocycles. The van der Waals surface area contributed by atoms with Gasteiger partial charge in [-0.1, -0.05) is 23.8 Å². The van der Waals surface area contributed by atoms with Gasteiger partial charge in [-0.25, -0.2) is 9.78 Å². The molecule has 1 N–H and O–H groups in total. The average molecular weight is 297 g/mol. The van der Waals surface area contributed by atoms with Crippen molar-refractivity contribution in [2.45, 2.75) is 19.4 Å². The number of rotatable bonds is 3. The highest BCUT2D eigenvalue weighted by molar-refractivity contribution is 5.89. The lowest BCUT2D eigenvalue weighted by Gasteiger charge is -2.17. The van der Waals surface area contributed by atoms with Crippen LogP contribution < -0.4 is 10.1 Å². The summed E-state index contributed by atoms with van der Waals surface area (Å²) >= 11 is 0. The van der Waals surface area contributed by atoms with Gasteiger partial charge in [-0.2, -0.15) is 0 Å². The summed E-state index contributed by atoms with van der Waals surface area (Å²) in [6.07, 6.45) is 2.52. The molecular formula is C17H19N3O2.